The Bertz CT molecular complexity index is 430. The number of halogens is 2. The monoisotopic (exact) mass is 404 g/mol. The van der Waals surface area contributed by atoms with Crippen LogP contribution in [-0.2, 0) is 23.4 Å². The van der Waals surface area contributed by atoms with E-state index >= 15 is 0 Å². The summed E-state index contributed by atoms with van der Waals surface area (Å²) in [5.74, 6) is 0. The molecule has 4 heteroatoms. The molecule has 2 aromatic carbocycles. The van der Waals surface area contributed by atoms with Crippen LogP contribution in [0, 0.1) is 0 Å². The molecule has 0 aliphatic heterocycles. The van der Waals surface area contributed by atoms with Crippen LogP contribution in [0.3, 0.4) is 0 Å². The zero-order valence-electron chi connectivity index (χ0n) is 13.0. The largest absolute Gasteiger partial charge is 0.214 e. The summed E-state index contributed by atoms with van der Waals surface area (Å²) in [6, 6.07) is 18.5. The Morgan fingerprint density at radius 1 is 1.00 bits per heavy atom. The van der Waals surface area contributed by atoms with Crippen molar-refractivity contribution in [3.63, 3.8) is 0 Å². The molecule has 20 heavy (non-hydrogen) atoms. The first-order valence-corrected chi connectivity index (χ1v) is 19.1. The van der Waals surface area contributed by atoms with Gasteiger partial charge in [0.25, 0.3) is 0 Å². The first kappa shape index (κ1) is 20.4. The Balaban J connectivity index is 0.000000287. The zero-order chi connectivity index (χ0) is 15.6. The SMILES string of the molecule is CC(C)(C)c1cc[cH-]c1.C[Si](C)=[Zr]([Cl])[Cl].c1cc[cH-]c1. The summed E-state index contributed by atoms with van der Waals surface area (Å²) in [5.41, 5.74) is 1.52. The van der Waals surface area contributed by atoms with Gasteiger partial charge in [0.1, 0.15) is 0 Å². The van der Waals surface area contributed by atoms with Gasteiger partial charge in [-0.05, 0) is 0 Å². The van der Waals surface area contributed by atoms with Crippen LogP contribution in [-0.4, -0.2) is 5.43 Å². The van der Waals surface area contributed by atoms with Crippen molar-refractivity contribution in [2.75, 3.05) is 0 Å². The molecular weight excluding hydrogens is 382 g/mol. The average molecular weight is 407 g/mol. The second-order valence-corrected chi connectivity index (χ2v) is 28.6. The predicted molar refractivity (Wildman–Crippen MR) is 92.0 cm³/mol. The number of hydrogen-bond donors (Lipinski definition) is 0. The van der Waals surface area contributed by atoms with E-state index in [9.17, 15) is 0 Å². The molecular formula is C16H24Cl2SiZr-2. The third kappa shape index (κ3) is 11.1. The fraction of sp³-hybridized carbons (Fsp3) is 0.375. The van der Waals surface area contributed by atoms with E-state index in [4.69, 9.17) is 17.0 Å². The minimum absolute atomic E-state index is 0.224. The first-order valence-electron chi connectivity index (χ1n) is 6.62. The smallest absolute Gasteiger partial charge is 0.172 e. The van der Waals surface area contributed by atoms with Crippen molar-refractivity contribution in [1.29, 1.82) is 0 Å². The van der Waals surface area contributed by atoms with E-state index in [0.29, 0.717) is 5.41 Å². The Morgan fingerprint density at radius 2 is 1.50 bits per heavy atom. The molecule has 2 rings (SSSR count). The summed E-state index contributed by atoms with van der Waals surface area (Å²) in [7, 11) is 11.2. The van der Waals surface area contributed by atoms with Crippen LogP contribution < -0.4 is 0 Å². The second kappa shape index (κ2) is 11.0. The molecule has 0 aliphatic rings. The van der Waals surface area contributed by atoms with Gasteiger partial charge in [0.2, 0.25) is 0 Å². The van der Waals surface area contributed by atoms with Gasteiger partial charge in [-0.25, -0.2) is 18.2 Å². The van der Waals surface area contributed by atoms with Gasteiger partial charge in [-0.1, -0.05) is 26.2 Å². The molecule has 0 aliphatic carbocycles. The van der Waals surface area contributed by atoms with E-state index in [-0.39, 0.29) is 5.43 Å². The summed E-state index contributed by atoms with van der Waals surface area (Å²) in [6.45, 7) is 11.0. The van der Waals surface area contributed by atoms with Crippen molar-refractivity contribution < 1.29 is 18.0 Å². The van der Waals surface area contributed by atoms with Gasteiger partial charge in [0.05, 0.1) is 0 Å². The maximum Gasteiger partial charge on any atom is -0.172 e. The predicted octanol–water partition coefficient (Wildman–Crippen LogP) is 6.27. The minimum atomic E-state index is -1.65. The van der Waals surface area contributed by atoms with Crippen LogP contribution in [0.15, 0.2) is 54.6 Å². The summed E-state index contributed by atoms with van der Waals surface area (Å²) in [6.07, 6.45) is 0. The zero-order valence-corrected chi connectivity index (χ0v) is 17.9. The normalized spacial score (nSPS) is 9.75. The standard InChI is InChI=1S/C9H13.C5H5.C2H6Si.2ClH.Zr/c1-9(2,3)8-6-4-5-7-8;1-2-4-5-3-1;1-3-2;;;/h4-7H,1-3H3;1-5H;1-2H3;2*1H;/q2*-1;;;;+2/p-2. The van der Waals surface area contributed by atoms with Crippen molar-refractivity contribution >= 4 is 22.5 Å². The van der Waals surface area contributed by atoms with Crippen molar-refractivity contribution in [3.05, 3.63) is 60.2 Å². The second-order valence-electron chi connectivity index (χ2n) is 5.65. The van der Waals surface area contributed by atoms with Crippen molar-refractivity contribution in [3.8, 4) is 0 Å². The maximum absolute atomic E-state index is 5.62. The van der Waals surface area contributed by atoms with Gasteiger partial charge in [-0.3, -0.25) is 0 Å². The molecule has 0 saturated heterocycles. The molecule has 112 valence electrons. The van der Waals surface area contributed by atoms with Crippen LogP contribution in [0.25, 0.3) is 0 Å². The third-order valence-electron chi connectivity index (χ3n) is 2.46. The fourth-order valence-corrected chi connectivity index (χ4v) is 1.19. The van der Waals surface area contributed by atoms with Crippen LogP contribution in [0.5, 0.6) is 0 Å². The Labute approximate surface area is 139 Å². The van der Waals surface area contributed by atoms with Crippen molar-refractivity contribution in [2.24, 2.45) is 0 Å². The van der Waals surface area contributed by atoms with Crippen molar-refractivity contribution in [2.45, 2.75) is 39.3 Å². The van der Waals surface area contributed by atoms with Gasteiger partial charge >= 0.3 is 53.5 Å². The van der Waals surface area contributed by atoms with Crippen LogP contribution in [0.4, 0.5) is 0 Å². The Kier molecular flexibility index (Phi) is 11.2. The van der Waals surface area contributed by atoms with E-state index < -0.39 is 18.0 Å². The Hall–Kier alpha value is 0.380. The Morgan fingerprint density at radius 3 is 1.65 bits per heavy atom. The molecule has 0 nitrogen and oxygen atoms in total. The molecule has 0 aromatic heterocycles. The molecule has 0 heterocycles. The first-order chi connectivity index (χ1) is 9.25. The minimum Gasteiger partial charge on any atom is -0.214 e. The third-order valence-corrected chi connectivity index (χ3v) is 22.2. The molecule has 0 fully saturated rings. The molecule has 0 radical (unpaired) electrons. The molecule has 0 unspecified atom stereocenters. The van der Waals surface area contributed by atoms with Gasteiger partial charge in [-0.15, -0.1) is 0 Å². The molecule has 0 amide bonds. The quantitative estimate of drug-likeness (QED) is 0.357. The van der Waals surface area contributed by atoms with E-state index in [2.05, 4.69) is 58.1 Å². The van der Waals surface area contributed by atoms with Gasteiger partial charge in [-0.2, -0.15) is 42.0 Å². The molecule has 2 aromatic rings. The van der Waals surface area contributed by atoms with E-state index in [1.165, 1.54) is 5.56 Å². The van der Waals surface area contributed by atoms with Crippen molar-refractivity contribution in [1.82, 2.24) is 0 Å². The van der Waals surface area contributed by atoms with E-state index in [1.807, 2.05) is 30.3 Å². The topological polar surface area (TPSA) is 0 Å². The van der Waals surface area contributed by atoms with Gasteiger partial charge in [0, 0.05) is 0 Å². The molecule has 0 spiro atoms. The van der Waals surface area contributed by atoms with Crippen LogP contribution in [0.2, 0.25) is 13.1 Å². The van der Waals surface area contributed by atoms with Crippen LogP contribution >= 0.6 is 17.0 Å². The number of rotatable bonds is 0. The fourth-order valence-electron chi connectivity index (χ4n) is 1.19. The van der Waals surface area contributed by atoms with Crippen LogP contribution in [0.1, 0.15) is 26.3 Å². The summed E-state index contributed by atoms with van der Waals surface area (Å²) in [4.78, 5) is 0. The molecule has 0 saturated carbocycles. The average Bonchev–Trinajstić information content (AvgIpc) is 3.05. The molecule has 0 atom stereocenters. The summed E-state index contributed by atoms with van der Waals surface area (Å²) < 4.78 is 0. The van der Waals surface area contributed by atoms with E-state index in [0.717, 1.165) is 0 Å². The molecule has 0 bridgehead atoms. The van der Waals surface area contributed by atoms with Gasteiger partial charge in [0.15, 0.2) is 0 Å². The molecule has 0 N–H and O–H groups in total. The van der Waals surface area contributed by atoms with E-state index in [1.54, 1.807) is 0 Å². The number of hydrogen-bond acceptors (Lipinski definition) is 0. The van der Waals surface area contributed by atoms with Gasteiger partial charge < -0.3 is 0 Å². The summed E-state index contributed by atoms with van der Waals surface area (Å²) in [5, 5.41) is 0. The maximum atomic E-state index is 5.62. The summed E-state index contributed by atoms with van der Waals surface area (Å²) >= 11 is -1.65.